The van der Waals surface area contributed by atoms with E-state index in [1.165, 1.54) is 17.4 Å². The van der Waals surface area contributed by atoms with E-state index in [1.807, 2.05) is 0 Å². The third-order valence-corrected chi connectivity index (χ3v) is 3.23. The van der Waals surface area contributed by atoms with Crippen LogP contribution in [0.5, 0.6) is 0 Å². The van der Waals surface area contributed by atoms with Gasteiger partial charge in [0.15, 0.2) is 11.6 Å². The van der Waals surface area contributed by atoms with Crippen molar-refractivity contribution in [3.05, 3.63) is 51.5 Å². The van der Waals surface area contributed by atoms with E-state index in [9.17, 15) is 13.6 Å². The second kappa shape index (κ2) is 5.32. The molecule has 0 aliphatic heterocycles. The highest BCUT2D eigenvalue weighted by Crippen LogP contribution is 2.16. The number of hydrogen-bond donors (Lipinski definition) is 1. The van der Waals surface area contributed by atoms with Crippen LogP contribution in [0.4, 0.5) is 8.78 Å². The lowest BCUT2D eigenvalue weighted by Gasteiger charge is -1.98. The molecule has 0 bridgehead atoms. The van der Waals surface area contributed by atoms with Crippen LogP contribution in [0, 0.1) is 11.6 Å². The van der Waals surface area contributed by atoms with Crippen molar-refractivity contribution in [1.29, 1.82) is 0 Å². The Morgan fingerprint density at radius 2 is 2.11 bits per heavy atom. The fourth-order valence-electron chi connectivity index (χ4n) is 1.44. The van der Waals surface area contributed by atoms with Crippen LogP contribution in [0.15, 0.2) is 23.6 Å². The number of carbonyl (C=O) groups excluding carboxylic acids is 1. The van der Waals surface area contributed by atoms with Crippen molar-refractivity contribution in [1.82, 2.24) is 4.98 Å². The first-order valence-corrected chi connectivity index (χ1v) is 6.14. The minimum Gasteiger partial charge on any atom is -0.330 e. The number of rotatable bonds is 4. The van der Waals surface area contributed by atoms with Crippen molar-refractivity contribution in [3.8, 4) is 0 Å². The molecule has 0 spiro atoms. The zero-order valence-corrected chi connectivity index (χ0v) is 10.1. The summed E-state index contributed by atoms with van der Waals surface area (Å²) < 4.78 is 25.8. The molecule has 0 unspecified atom stereocenters. The third kappa shape index (κ3) is 2.60. The van der Waals surface area contributed by atoms with E-state index in [-0.39, 0.29) is 11.3 Å². The fourth-order valence-corrected chi connectivity index (χ4v) is 2.23. The molecular formula is C12H10F2N2OS. The molecule has 94 valence electrons. The SMILES string of the molecule is NCCc1nc(C(=O)c2ccc(F)c(F)c2)cs1. The summed E-state index contributed by atoms with van der Waals surface area (Å²) in [5, 5.41) is 2.35. The monoisotopic (exact) mass is 268 g/mol. The molecule has 3 nitrogen and oxygen atoms in total. The number of nitrogens with two attached hydrogens (primary N) is 1. The Morgan fingerprint density at radius 3 is 2.78 bits per heavy atom. The van der Waals surface area contributed by atoms with Gasteiger partial charge in [0.05, 0.1) is 5.01 Å². The van der Waals surface area contributed by atoms with Crippen LogP contribution in [0.3, 0.4) is 0 Å². The number of aromatic nitrogens is 1. The van der Waals surface area contributed by atoms with E-state index in [0.717, 1.165) is 17.1 Å². The molecule has 0 amide bonds. The summed E-state index contributed by atoms with van der Waals surface area (Å²) in [6.45, 7) is 0.451. The second-order valence-corrected chi connectivity index (χ2v) is 4.57. The van der Waals surface area contributed by atoms with Crippen LogP contribution in [0.25, 0.3) is 0 Å². The number of halogens is 2. The molecule has 0 fully saturated rings. The summed E-state index contributed by atoms with van der Waals surface area (Å²) in [7, 11) is 0. The van der Waals surface area contributed by atoms with Crippen LogP contribution in [0.2, 0.25) is 0 Å². The van der Waals surface area contributed by atoms with Crippen LogP contribution in [-0.2, 0) is 6.42 Å². The molecule has 0 aliphatic rings. The van der Waals surface area contributed by atoms with Gasteiger partial charge >= 0.3 is 0 Å². The number of thiazole rings is 1. The number of nitrogens with zero attached hydrogens (tertiary/aromatic N) is 1. The molecular weight excluding hydrogens is 258 g/mol. The second-order valence-electron chi connectivity index (χ2n) is 3.62. The number of benzene rings is 1. The van der Waals surface area contributed by atoms with Gasteiger partial charge in [0.1, 0.15) is 5.69 Å². The van der Waals surface area contributed by atoms with E-state index in [4.69, 9.17) is 5.73 Å². The molecule has 2 aromatic rings. The summed E-state index contributed by atoms with van der Waals surface area (Å²) in [5.41, 5.74) is 5.70. The predicted molar refractivity (Wildman–Crippen MR) is 64.7 cm³/mol. The van der Waals surface area contributed by atoms with Crippen molar-refractivity contribution >= 4 is 17.1 Å². The van der Waals surface area contributed by atoms with Gasteiger partial charge in [0.25, 0.3) is 0 Å². The Bertz CT molecular complexity index is 583. The van der Waals surface area contributed by atoms with E-state index in [1.54, 1.807) is 5.38 Å². The number of ketones is 1. The van der Waals surface area contributed by atoms with Gasteiger partial charge in [0.2, 0.25) is 5.78 Å². The summed E-state index contributed by atoms with van der Waals surface area (Å²) in [6, 6.07) is 3.04. The predicted octanol–water partition coefficient (Wildman–Crippen LogP) is 2.15. The normalized spacial score (nSPS) is 10.6. The zero-order chi connectivity index (χ0) is 13.1. The molecule has 0 atom stereocenters. The lowest BCUT2D eigenvalue weighted by Crippen LogP contribution is -2.05. The Morgan fingerprint density at radius 1 is 1.33 bits per heavy atom. The highest BCUT2D eigenvalue weighted by molar-refractivity contribution is 7.09. The quantitative estimate of drug-likeness (QED) is 0.864. The Labute approximate surface area is 106 Å². The minimum atomic E-state index is -1.04. The van der Waals surface area contributed by atoms with Crippen molar-refractivity contribution in [3.63, 3.8) is 0 Å². The standard InChI is InChI=1S/C12H10F2N2OS/c13-8-2-1-7(5-9(8)14)12(17)10-6-18-11(16-10)3-4-15/h1-2,5-6H,3-4,15H2. The van der Waals surface area contributed by atoms with Crippen LogP contribution >= 0.6 is 11.3 Å². The maximum absolute atomic E-state index is 13.0. The highest BCUT2D eigenvalue weighted by Gasteiger charge is 2.15. The van der Waals surface area contributed by atoms with Crippen molar-refractivity contribution in [2.45, 2.75) is 6.42 Å². The smallest absolute Gasteiger partial charge is 0.212 e. The first-order chi connectivity index (χ1) is 8.61. The Kier molecular flexibility index (Phi) is 3.78. The van der Waals surface area contributed by atoms with E-state index < -0.39 is 17.4 Å². The summed E-state index contributed by atoms with van der Waals surface area (Å²) >= 11 is 1.32. The molecule has 18 heavy (non-hydrogen) atoms. The Hall–Kier alpha value is -1.66. The maximum atomic E-state index is 13.0. The summed E-state index contributed by atoms with van der Waals surface area (Å²) in [4.78, 5) is 16.1. The van der Waals surface area contributed by atoms with E-state index in [0.29, 0.717) is 13.0 Å². The largest absolute Gasteiger partial charge is 0.330 e. The van der Waals surface area contributed by atoms with Crippen molar-refractivity contribution < 1.29 is 13.6 Å². The Balaban J connectivity index is 2.26. The number of carbonyl (C=O) groups is 1. The number of hydrogen-bond acceptors (Lipinski definition) is 4. The van der Waals surface area contributed by atoms with Crippen LogP contribution in [-0.4, -0.2) is 17.3 Å². The minimum absolute atomic E-state index is 0.0819. The molecule has 1 aromatic heterocycles. The molecule has 0 radical (unpaired) electrons. The van der Waals surface area contributed by atoms with Gasteiger partial charge < -0.3 is 5.73 Å². The van der Waals surface area contributed by atoms with Gasteiger partial charge in [-0.25, -0.2) is 13.8 Å². The fraction of sp³-hybridized carbons (Fsp3) is 0.167. The van der Waals surface area contributed by atoms with Gasteiger partial charge in [-0.3, -0.25) is 4.79 Å². The molecule has 0 saturated heterocycles. The average molecular weight is 268 g/mol. The molecule has 0 saturated carbocycles. The van der Waals surface area contributed by atoms with Gasteiger partial charge in [-0.2, -0.15) is 0 Å². The lowest BCUT2D eigenvalue weighted by molar-refractivity contribution is 0.103. The molecule has 1 heterocycles. The first-order valence-electron chi connectivity index (χ1n) is 5.26. The van der Waals surface area contributed by atoms with Crippen LogP contribution in [0.1, 0.15) is 21.1 Å². The molecule has 6 heteroatoms. The van der Waals surface area contributed by atoms with Crippen molar-refractivity contribution in [2.75, 3.05) is 6.54 Å². The molecule has 2 N–H and O–H groups in total. The van der Waals surface area contributed by atoms with Gasteiger partial charge in [-0.15, -0.1) is 11.3 Å². The lowest BCUT2D eigenvalue weighted by atomic mass is 10.1. The maximum Gasteiger partial charge on any atom is 0.212 e. The highest BCUT2D eigenvalue weighted by atomic mass is 32.1. The topological polar surface area (TPSA) is 56.0 Å². The van der Waals surface area contributed by atoms with Crippen molar-refractivity contribution in [2.24, 2.45) is 5.73 Å². The van der Waals surface area contributed by atoms with Gasteiger partial charge in [0, 0.05) is 17.4 Å². The zero-order valence-electron chi connectivity index (χ0n) is 9.32. The first kappa shape index (κ1) is 12.8. The summed E-state index contributed by atoms with van der Waals surface area (Å²) in [5.74, 6) is -2.44. The molecule has 1 aromatic carbocycles. The average Bonchev–Trinajstić information content (AvgIpc) is 2.81. The van der Waals surface area contributed by atoms with Gasteiger partial charge in [-0.1, -0.05) is 0 Å². The van der Waals surface area contributed by atoms with E-state index >= 15 is 0 Å². The van der Waals surface area contributed by atoms with Crippen LogP contribution < -0.4 is 5.73 Å². The third-order valence-electron chi connectivity index (χ3n) is 2.32. The van der Waals surface area contributed by atoms with Gasteiger partial charge in [-0.05, 0) is 24.7 Å². The molecule has 0 aliphatic carbocycles. The summed E-state index contributed by atoms with van der Waals surface area (Å²) in [6.07, 6.45) is 0.593. The van der Waals surface area contributed by atoms with E-state index in [2.05, 4.69) is 4.98 Å². The molecule has 2 rings (SSSR count).